The maximum atomic E-state index is 10.7. The van der Waals surface area contributed by atoms with Crippen molar-refractivity contribution in [2.45, 2.75) is 20.0 Å². The van der Waals surface area contributed by atoms with Gasteiger partial charge in [0, 0.05) is 6.92 Å². The van der Waals surface area contributed by atoms with E-state index in [0.717, 1.165) is 0 Å². The highest BCUT2D eigenvalue weighted by Gasteiger charge is 2.08. The van der Waals surface area contributed by atoms with Crippen LogP contribution in [0.3, 0.4) is 0 Å². The van der Waals surface area contributed by atoms with E-state index >= 15 is 0 Å². The summed E-state index contributed by atoms with van der Waals surface area (Å²) in [7, 11) is 3.13. The molecule has 0 saturated heterocycles. The van der Waals surface area contributed by atoms with Crippen molar-refractivity contribution in [1.82, 2.24) is 0 Å². The first-order valence-electron chi connectivity index (χ1n) is 6.12. The third-order valence-electron chi connectivity index (χ3n) is 2.41. The minimum absolute atomic E-state index is 0.149. The van der Waals surface area contributed by atoms with E-state index in [1.165, 1.54) is 13.1 Å². The SMILES string of the molecule is COc1cccc(OC)c1/C=N/OC(C)COC(C)=O. The predicted octanol–water partition coefficient (Wildman–Crippen LogP) is 2.01. The van der Waals surface area contributed by atoms with Gasteiger partial charge in [0.25, 0.3) is 0 Å². The van der Waals surface area contributed by atoms with Gasteiger partial charge in [-0.3, -0.25) is 4.79 Å². The van der Waals surface area contributed by atoms with Crippen molar-refractivity contribution in [2.75, 3.05) is 20.8 Å². The number of methoxy groups -OCH3 is 2. The first-order valence-corrected chi connectivity index (χ1v) is 6.12. The highest BCUT2D eigenvalue weighted by molar-refractivity contribution is 5.87. The van der Waals surface area contributed by atoms with Crippen molar-refractivity contribution in [3.63, 3.8) is 0 Å². The van der Waals surface area contributed by atoms with Crippen molar-refractivity contribution in [3.05, 3.63) is 23.8 Å². The minimum atomic E-state index is -0.351. The molecule has 0 N–H and O–H groups in total. The monoisotopic (exact) mass is 281 g/mol. The molecule has 0 spiro atoms. The number of hydrogen-bond donors (Lipinski definition) is 0. The second-order valence-electron chi connectivity index (χ2n) is 4.03. The molecule has 6 nitrogen and oxygen atoms in total. The number of nitrogens with zero attached hydrogens (tertiary/aromatic N) is 1. The van der Waals surface area contributed by atoms with Gasteiger partial charge in [0.1, 0.15) is 18.1 Å². The first kappa shape index (κ1) is 15.8. The summed E-state index contributed by atoms with van der Waals surface area (Å²) in [5, 5.41) is 3.86. The summed E-state index contributed by atoms with van der Waals surface area (Å²) in [6.45, 7) is 3.24. The van der Waals surface area contributed by atoms with Crippen LogP contribution in [0.4, 0.5) is 0 Å². The van der Waals surface area contributed by atoms with Gasteiger partial charge in [-0.25, -0.2) is 0 Å². The van der Waals surface area contributed by atoms with Gasteiger partial charge in [-0.1, -0.05) is 11.2 Å². The fourth-order valence-electron chi connectivity index (χ4n) is 1.46. The minimum Gasteiger partial charge on any atom is -0.496 e. The third kappa shape index (κ3) is 4.79. The summed E-state index contributed by atoms with van der Waals surface area (Å²) >= 11 is 0. The normalized spacial score (nSPS) is 12.0. The number of carbonyl (C=O) groups is 1. The Morgan fingerprint density at radius 1 is 1.30 bits per heavy atom. The third-order valence-corrected chi connectivity index (χ3v) is 2.41. The zero-order valence-electron chi connectivity index (χ0n) is 12.1. The number of benzene rings is 1. The van der Waals surface area contributed by atoms with Gasteiger partial charge < -0.3 is 19.0 Å². The van der Waals surface area contributed by atoms with Crippen LogP contribution in [0, 0.1) is 0 Å². The molecular formula is C14H19NO5. The Bertz CT molecular complexity index is 450. The fourth-order valence-corrected chi connectivity index (χ4v) is 1.46. The summed E-state index contributed by atoms with van der Waals surface area (Å²) in [4.78, 5) is 15.8. The predicted molar refractivity (Wildman–Crippen MR) is 74.3 cm³/mol. The summed E-state index contributed by atoms with van der Waals surface area (Å²) < 4.78 is 15.3. The molecule has 0 aromatic heterocycles. The molecule has 0 saturated carbocycles. The molecule has 20 heavy (non-hydrogen) atoms. The number of rotatable bonds is 7. The molecule has 0 aliphatic rings. The van der Waals surface area contributed by atoms with Gasteiger partial charge in [-0.15, -0.1) is 0 Å². The summed E-state index contributed by atoms with van der Waals surface area (Å²) in [5.41, 5.74) is 0.678. The molecule has 1 aromatic carbocycles. The van der Waals surface area contributed by atoms with E-state index in [2.05, 4.69) is 5.16 Å². The van der Waals surface area contributed by atoms with Gasteiger partial charge in [0.15, 0.2) is 6.10 Å². The summed E-state index contributed by atoms with van der Waals surface area (Å²) in [6, 6.07) is 5.41. The number of carbonyl (C=O) groups excluding carboxylic acids is 1. The molecule has 1 rings (SSSR count). The van der Waals surface area contributed by atoms with Crippen molar-refractivity contribution in [1.29, 1.82) is 0 Å². The van der Waals surface area contributed by atoms with Crippen LogP contribution >= 0.6 is 0 Å². The molecule has 1 atom stereocenters. The van der Waals surface area contributed by atoms with Crippen molar-refractivity contribution in [2.24, 2.45) is 5.16 Å². The zero-order chi connectivity index (χ0) is 15.0. The molecular weight excluding hydrogens is 262 g/mol. The van der Waals surface area contributed by atoms with Crippen molar-refractivity contribution in [3.8, 4) is 11.5 Å². The average Bonchev–Trinajstić information content (AvgIpc) is 2.45. The Morgan fingerprint density at radius 2 is 1.90 bits per heavy atom. The summed E-state index contributed by atoms with van der Waals surface area (Å²) in [5.74, 6) is 0.907. The lowest BCUT2D eigenvalue weighted by Crippen LogP contribution is -2.15. The van der Waals surface area contributed by atoms with Crippen LogP contribution in [-0.4, -0.2) is 39.1 Å². The van der Waals surface area contributed by atoms with E-state index in [1.54, 1.807) is 33.3 Å². The van der Waals surface area contributed by atoms with Gasteiger partial charge >= 0.3 is 5.97 Å². The number of hydrogen-bond acceptors (Lipinski definition) is 6. The fraction of sp³-hybridized carbons (Fsp3) is 0.429. The maximum absolute atomic E-state index is 10.7. The molecule has 1 aromatic rings. The van der Waals surface area contributed by atoms with E-state index in [-0.39, 0.29) is 18.7 Å². The molecule has 0 heterocycles. The Balaban J connectivity index is 2.67. The van der Waals surface area contributed by atoms with Crippen molar-refractivity contribution >= 4 is 12.2 Å². The van der Waals surface area contributed by atoms with Gasteiger partial charge in [-0.2, -0.15) is 0 Å². The molecule has 0 aliphatic heterocycles. The van der Waals surface area contributed by atoms with Crippen LogP contribution in [0.15, 0.2) is 23.4 Å². The lowest BCUT2D eigenvalue weighted by molar-refractivity contribution is -0.144. The highest BCUT2D eigenvalue weighted by atomic mass is 16.7. The smallest absolute Gasteiger partial charge is 0.302 e. The Kier molecular flexibility index (Phi) is 6.36. The van der Waals surface area contributed by atoms with Gasteiger partial charge in [0.2, 0.25) is 0 Å². The molecule has 6 heteroatoms. The Morgan fingerprint density at radius 3 is 2.40 bits per heavy atom. The molecule has 0 bridgehead atoms. The standard InChI is InChI=1S/C14H19NO5/c1-10(9-19-11(2)16)20-15-8-12-13(17-3)6-5-7-14(12)18-4/h5-8,10H,9H2,1-4H3/b15-8+. The van der Waals surface area contributed by atoms with E-state index in [4.69, 9.17) is 19.0 Å². The topological polar surface area (TPSA) is 66.3 Å². The average molecular weight is 281 g/mol. The summed E-state index contributed by atoms with van der Waals surface area (Å²) in [6.07, 6.45) is 1.16. The van der Waals surface area contributed by atoms with Crippen LogP contribution in [0.1, 0.15) is 19.4 Å². The van der Waals surface area contributed by atoms with Gasteiger partial charge in [0.05, 0.1) is 26.0 Å². The van der Waals surface area contributed by atoms with Crippen LogP contribution < -0.4 is 9.47 Å². The van der Waals surface area contributed by atoms with Gasteiger partial charge in [-0.05, 0) is 19.1 Å². The molecule has 1 unspecified atom stereocenters. The number of esters is 1. The van der Waals surface area contributed by atoms with E-state index in [1.807, 2.05) is 6.07 Å². The highest BCUT2D eigenvalue weighted by Crippen LogP contribution is 2.26. The molecule has 0 amide bonds. The molecule has 0 aliphatic carbocycles. The van der Waals surface area contributed by atoms with Crippen LogP contribution in [0.25, 0.3) is 0 Å². The van der Waals surface area contributed by atoms with Crippen LogP contribution in [0.2, 0.25) is 0 Å². The first-order chi connectivity index (χ1) is 9.58. The largest absolute Gasteiger partial charge is 0.496 e. The Labute approximate surface area is 118 Å². The lowest BCUT2D eigenvalue weighted by atomic mass is 10.2. The number of oxime groups is 1. The van der Waals surface area contributed by atoms with Crippen LogP contribution in [-0.2, 0) is 14.4 Å². The van der Waals surface area contributed by atoms with Crippen LogP contribution in [0.5, 0.6) is 11.5 Å². The Hall–Kier alpha value is -2.24. The van der Waals surface area contributed by atoms with E-state index in [0.29, 0.717) is 17.1 Å². The van der Waals surface area contributed by atoms with E-state index < -0.39 is 0 Å². The molecule has 0 fully saturated rings. The quantitative estimate of drug-likeness (QED) is 0.434. The maximum Gasteiger partial charge on any atom is 0.302 e. The zero-order valence-corrected chi connectivity index (χ0v) is 12.1. The lowest BCUT2D eigenvalue weighted by Gasteiger charge is -2.11. The second kappa shape index (κ2) is 8.04. The molecule has 0 radical (unpaired) electrons. The van der Waals surface area contributed by atoms with Crippen molar-refractivity contribution < 1.29 is 23.8 Å². The second-order valence-corrected chi connectivity index (χ2v) is 4.03. The molecule has 110 valence electrons. The van der Waals surface area contributed by atoms with E-state index in [9.17, 15) is 4.79 Å². The number of ether oxygens (including phenoxy) is 3.